The SMILES string of the molecule is COc1cc(C=C2C(=O)N(c3ccccc3)C(=S)N(c3ccccc3)C2=O)ccc1OCc1ccc(C(=O)O)cc1. The normalized spacial score (nSPS) is 13.3. The van der Waals surface area contributed by atoms with Crippen molar-refractivity contribution in [1.82, 2.24) is 0 Å². The van der Waals surface area contributed by atoms with Crippen LogP contribution in [0, 0.1) is 0 Å². The summed E-state index contributed by atoms with van der Waals surface area (Å²) in [5.41, 5.74) is 2.53. The summed E-state index contributed by atoms with van der Waals surface area (Å²) < 4.78 is 11.4. The molecule has 2 amide bonds. The summed E-state index contributed by atoms with van der Waals surface area (Å²) in [6.45, 7) is 0.184. The molecule has 5 rings (SSSR count). The van der Waals surface area contributed by atoms with Crippen molar-refractivity contribution in [2.24, 2.45) is 0 Å². The number of carbonyl (C=O) groups is 3. The molecule has 1 aliphatic heterocycles. The fourth-order valence-electron chi connectivity index (χ4n) is 4.30. The molecular weight excluding hydrogens is 540 g/mol. The standard InChI is InChI=1S/C32H24N2O6S/c1-39-28-19-22(14-17-27(28)40-20-21-12-15-23(16-13-21)31(37)38)18-26-29(35)33(24-8-4-2-5-9-24)32(41)34(30(26)36)25-10-6-3-7-11-25/h2-19H,20H2,1H3,(H,37,38). The van der Waals surface area contributed by atoms with Crippen LogP contribution in [0.2, 0.25) is 0 Å². The molecule has 0 spiro atoms. The van der Waals surface area contributed by atoms with Gasteiger partial charge in [-0.2, -0.15) is 0 Å². The first-order valence-electron chi connectivity index (χ1n) is 12.5. The van der Waals surface area contributed by atoms with Crippen molar-refractivity contribution >= 4 is 52.6 Å². The van der Waals surface area contributed by atoms with Crippen LogP contribution < -0.4 is 19.3 Å². The molecule has 4 aromatic carbocycles. The number of carboxylic acids is 1. The molecule has 1 N–H and O–H groups in total. The van der Waals surface area contributed by atoms with Crippen molar-refractivity contribution in [3.8, 4) is 11.5 Å². The van der Waals surface area contributed by atoms with Crippen molar-refractivity contribution in [2.45, 2.75) is 6.61 Å². The van der Waals surface area contributed by atoms with Crippen LogP contribution in [0.5, 0.6) is 11.5 Å². The van der Waals surface area contributed by atoms with Gasteiger partial charge in [-0.05, 0) is 78.0 Å². The van der Waals surface area contributed by atoms with Gasteiger partial charge in [0.1, 0.15) is 12.2 Å². The number of hydrogen-bond acceptors (Lipinski definition) is 6. The van der Waals surface area contributed by atoms with E-state index in [9.17, 15) is 14.4 Å². The van der Waals surface area contributed by atoms with Crippen LogP contribution >= 0.6 is 12.2 Å². The average molecular weight is 565 g/mol. The van der Waals surface area contributed by atoms with E-state index >= 15 is 0 Å². The number of amides is 2. The number of methoxy groups -OCH3 is 1. The number of anilines is 2. The molecular formula is C32H24N2O6S. The number of nitrogens with zero attached hydrogens (tertiary/aromatic N) is 2. The minimum Gasteiger partial charge on any atom is -0.493 e. The summed E-state index contributed by atoms with van der Waals surface area (Å²) in [5.74, 6) is -1.24. The van der Waals surface area contributed by atoms with Crippen molar-refractivity contribution < 1.29 is 29.0 Å². The molecule has 0 saturated carbocycles. The lowest BCUT2D eigenvalue weighted by atomic mass is 10.0. The van der Waals surface area contributed by atoms with E-state index in [-0.39, 0.29) is 22.9 Å². The highest BCUT2D eigenvalue weighted by Gasteiger charge is 2.41. The number of carbonyl (C=O) groups excluding carboxylic acids is 2. The minimum absolute atomic E-state index is 0.0623. The van der Waals surface area contributed by atoms with Crippen molar-refractivity contribution in [3.63, 3.8) is 0 Å². The Kier molecular flexibility index (Phi) is 7.89. The Morgan fingerprint density at radius 2 is 1.37 bits per heavy atom. The Hall–Kier alpha value is -5.28. The molecule has 1 heterocycles. The molecule has 0 radical (unpaired) electrons. The van der Waals surface area contributed by atoms with Gasteiger partial charge in [-0.3, -0.25) is 19.4 Å². The van der Waals surface area contributed by atoms with Crippen LogP contribution in [0.1, 0.15) is 21.5 Å². The maximum atomic E-state index is 13.7. The van der Waals surface area contributed by atoms with Gasteiger partial charge in [-0.15, -0.1) is 0 Å². The molecule has 0 aliphatic carbocycles. The second kappa shape index (κ2) is 11.8. The molecule has 0 atom stereocenters. The van der Waals surface area contributed by atoms with Gasteiger partial charge in [-0.25, -0.2) is 4.79 Å². The Morgan fingerprint density at radius 3 is 1.88 bits per heavy atom. The topological polar surface area (TPSA) is 96.4 Å². The quantitative estimate of drug-likeness (QED) is 0.166. The largest absolute Gasteiger partial charge is 0.493 e. The molecule has 8 nitrogen and oxygen atoms in total. The van der Waals surface area contributed by atoms with Crippen LogP contribution in [0.3, 0.4) is 0 Å². The molecule has 9 heteroatoms. The van der Waals surface area contributed by atoms with Gasteiger partial charge < -0.3 is 14.6 Å². The van der Waals surface area contributed by atoms with E-state index in [4.69, 9.17) is 26.8 Å². The summed E-state index contributed by atoms with van der Waals surface area (Å²) in [5, 5.41) is 9.14. The second-order valence-corrected chi connectivity index (χ2v) is 9.36. The average Bonchev–Trinajstić information content (AvgIpc) is 3.00. The number of aromatic carboxylic acids is 1. The van der Waals surface area contributed by atoms with Gasteiger partial charge in [0.05, 0.1) is 24.0 Å². The van der Waals surface area contributed by atoms with E-state index in [1.807, 2.05) is 12.1 Å². The first-order chi connectivity index (χ1) is 19.9. The predicted octanol–water partition coefficient (Wildman–Crippen LogP) is 5.72. The molecule has 0 aromatic heterocycles. The van der Waals surface area contributed by atoms with Crippen molar-refractivity contribution in [2.75, 3.05) is 16.9 Å². The van der Waals surface area contributed by atoms with Crippen LogP contribution in [-0.4, -0.2) is 35.1 Å². The molecule has 41 heavy (non-hydrogen) atoms. The number of thiocarbonyl (C=S) groups is 1. The number of hydrogen-bond donors (Lipinski definition) is 1. The van der Waals surface area contributed by atoms with Gasteiger partial charge in [0.2, 0.25) is 0 Å². The van der Waals surface area contributed by atoms with E-state index in [1.54, 1.807) is 78.9 Å². The lowest BCUT2D eigenvalue weighted by molar-refractivity contribution is -0.120. The highest BCUT2D eigenvalue weighted by Crippen LogP contribution is 2.33. The zero-order valence-corrected chi connectivity index (χ0v) is 22.7. The smallest absolute Gasteiger partial charge is 0.335 e. The Balaban J connectivity index is 1.46. The first-order valence-corrected chi connectivity index (χ1v) is 13.0. The second-order valence-electron chi connectivity index (χ2n) is 8.99. The van der Waals surface area contributed by atoms with Crippen molar-refractivity contribution in [3.05, 3.63) is 125 Å². The molecule has 1 saturated heterocycles. The molecule has 0 bridgehead atoms. The van der Waals surface area contributed by atoms with Crippen LogP contribution in [-0.2, 0) is 16.2 Å². The lowest BCUT2D eigenvalue weighted by Crippen LogP contribution is -2.56. The number of rotatable bonds is 8. The third-order valence-electron chi connectivity index (χ3n) is 6.37. The van der Waals surface area contributed by atoms with Crippen LogP contribution in [0.25, 0.3) is 6.08 Å². The van der Waals surface area contributed by atoms with E-state index in [0.717, 1.165) is 5.56 Å². The van der Waals surface area contributed by atoms with Crippen LogP contribution in [0.4, 0.5) is 11.4 Å². The highest BCUT2D eigenvalue weighted by atomic mass is 32.1. The fraction of sp³-hybridized carbons (Fsp3) is 0.0625. The third kappa shape index (κ3) is 5.70. The predicted molar refractivity (Wildman–Crippen MR) is 159 cm³/mol. The highest BCUT2D eigenvalue weighted by molar-refractivity contribution is 7.81. The zero-order valence-electron chi connectivity index (χ0n) is 21.9. The lowest BCUT2D eigenvalue weighted by Gasteiger charge is -2.36. The van der Waals surface area contributed by atoms with Gasteiger partial charge in [0.25, 0.3) is 11.8 Å². The minimum atomic E-state index is -1.00. The molecule has 1 aliphatic rings. The zero-order chi connectivity index (χ0) is 28.9. The van der Waals surface area contributed by atoms with E-state index < -0.39 is 17.8 Å². The number of carboxylic acid groups (broad SMARTS) is 1. The van der Waals surface area contributed by atoms with Crippen LogP contribution in [0.15, 0.2) is 109 Å². The Morgan fingerprint density at radius 1 is 0.805 bits per heavy atom. The molecule has 0 unspecified atom stereocenters. The maximum Gasteiger partial charge on any atom is 0.335 e. The summed E-state index contributed by atoms with van der Waals surface area (Å²) in [6, 6.07) is 29.3. The number of ether oxygens (including phenoxy) is 2. The van der Waals surface area contributed by atoms with Gasteiger partial charge in [-0.1, -0.05) is 54.6 Å². The van der Waals surface area contributed by atoms with E-state index in [1.165, 1.54) is 35.1 Å². The summed E-state index contributed by atoms with van der Waals surface area (Å²) >= 11 is 5.65. The molecule has 4 aromatic rings. The maximum absolute atomic E-state index is 13.7. The third-order valence-corrected chi connectivity index (χ3v) is 6.74. The molecule has 1 fully saturated rings. The van der Waals surface area contributed by atoms with Crippen molar-refractivity contribution in [1.29, 1.82) is 0 Å². The monoisotopic (exact) mass is 564 g/mol. The Labute approximate surface area is 241 Å². The summed E-state index contributed by atoms with van der Waals surface area (Å²) in [7, 11) is 1.49. The first kappa shape index (κ1) is 27.3. The Bertz CT molecular complexity index is 1590. The van der Waals surface area contributed by atoms with E-state index in [2.05, 4.69) is 0 Å². The van der Waals surface area contributed by atoms with Gasteiger partial charge in [0.15, 0.2) is 16.6 Å². The number of para-hydroxylation sites is 2. The summed E-state index contributed by atoms with van der Waals surface area (Å²) in [4.78, 5) is 41.2. The number of benzene rings is 4. The van der Waals surface area contributed by atoms with Gasteiger partial charge in [0, 0.05) is 0 Å². The van der Waals surface area contributed by atoms with E-state index in [0.29, 0.717) is 28.4 Å². The van der Waals surface area contributed by atoms with Gasteiger partial charge >= 0.3 is 5.97 Å². The summed E-state index contributed by atoms with van der Waals surface area (Å²) in [6.07, 6.45) is 1.51. The molecule has 204 valence electrons. The fourth-order valence-corrected chi connectivity index (χ4v) is 4.68.